The van der Waals surface area contributed by atoms with Crippen LogP contribution in [-0.2, 0) is 4.79 Å². The minimum atomic E-state index is -1.60. The topological polar surface area (TPSA) is 37.3 Å². The van der Waals surface area contributed by atoms with E-state index in [1.165, 1.54) is 0 Å². The Bertz CT molecular complexity index is 507. The van der Waals surface area contributed by atoms with Gasteiger partial charge < -0.3 is 5.11 Å². The van der Waals surface area contributed by atoms with Gasteiger partial charge in [-0.25, -0.2) is 8.78 Å². The van der Waals surface area contributed by atoms with Gasteiger partial charge in [-0.15, -0.1) is 0 Å². The van der Waals surface area contributed by atoms with Crippen LogP contribution in [0.1, 0.15) is 11.5 Å². The number of hydrogen-bond acceptors (Lipinski definition) is 1. The summed E-state index contributed by atoms with van der Waals surface area (Å²) in [5.74, 6) is -4.75. The van der Waals surface area contributed by atoms with Crippen molar-refractivity contribution in [1.29, 1.82) is 0 Å². The zero-order valence-electron chi connectivity index (χ0n) is 8.05. The minimum absolute atomic E-state index is 0.0901. The molecular formula is C10H5BrCl2F2O2. The number of alkyl halides is 2. The highest BCUT2D eigenvalue weighted by atomic mass is 79.9. The number of rotatable bonds is 2. The van der Waals surface area contributed by atoms with Gasteiger partial charge in [0.15, 0.2) is 0 Å². The average molecular weight is 346 g/mol. The summed E-state index contributed by atoms with van der Waals surface area (Å²) in [5, 5.41) is 8.85. The molecule has 2 atom stereocenters. The Morgan fingerprint density at radius 2 is 2.00 bits per heavy atom. The number of benzene rings is 1. The molecule has 0 aromatic heterocycles. The molecule has 1 aromatic carbocycles. The number of carboxylic acid groups (broad SMARTS) is 1. The highest BCUT2D eigenvalue weighted by molar-refractivity contribution is 9.10. The molecule has 0 unspecified atom stereocenters. The van der Waals surface area contributed by atoms with Crippen molar-refractivity contribution in [3.05, 3.63) is 33.8 Å². The molecule has 0 saturated heterocycles. The normalized spacial score (nSPS) is 25.7. The zero-order chi connectivity index (χ0) is 13.0. The molecule has 0 amide bonds. The molecule has 92 valence electrons. The van der Waals surface area contributed by atoms with Gasteiger partial charge in [0.25, 0.3) is 0 Å². The SMILES string of the molecule is O=C(O)[C@H]1[C@H](c2cc(F)cc(Br)c2F)C1(Cl)Cl. The van der Waals surface area contributed by atoms with E-state index in [2.05, 4.69) is 15.9 Å². The predicted molar refractivity (Wildman–Crippen MR) is 62.4 cm³/mol. The van der Waals surface area contributed by atoms with Crippen molar-refractivity contribution in [3.63, 3.8) is 0 Å². The average Bonchev–Trinajstić information content (AvgIpc) is 2.75. The zero-order valence-corrected chi connectivity index (χ0v) is 11.2. The molecule has 1 saturated carbocycles. The second-order valence-corrected chi connectivity index (χ2v) is 6.06. The van der Waals surface area contributed by atoms with Crippen LogP contribution in [0.25, 0.3) is 0 Å². The number of carbonyl (C=O) groups is 1. The van der Waals surface area contributed by atoms with Crippen LogP contribution in [0.5, 0.6) is 0 Å². The van der Waals surface area contributed by atoms with E-state index in [0.717, 1.165) is 12.1 Å². The van der Waals surface area contributed by atoms with Crippen molar-refractivity contribution in [2.75, 3.05) is 0 Å². The fourth-order valence-corrected chi connectivity index (χ4v) is 3.07. The Hall–Kier alpha value is -0.390. The lowest BCUT2D eigenvalue weighted by Crippen LogP contribution is -2.03. The first kappa shape index (κ1) is 13.1. The molecule has 2 nitrogen and oxygen atoms in total. The third-order valence-electron chi connectivity index (χ3n) is 2.68. The van der Waals surface area contributed by atoms with Crippen LogP contribution in [0.4, 0.5) is 8.78 Å². The lowest BCUT2D eigenvalue weighted by atomic mass is 10.1. The van der Waals surface area contributed by atoms with Gasteiger partial charge in [0.05, 0.1) is 4.47 Å². The lowest BCUT2D eigenvalue weighted by Gasteiger charge is -2.04. The third kappa shape index (κ3) is 2.04. The smallest absolute Gasteiger partial charge is 0.310 e. The Morgan fingerprint density at radius 1 is 1.41 bits per heavy atom. The molecule has 17 heavy (non-hydrogen) atoms. The van der Waals surface area contributed by atoms with Crippen LogP contribution < -0.4 is 0 Å². The van der Waals surface area contributed by atoms with Crippen LogP contribution in [-0.4, -0.2) is 15.4 Å². The predicted octanol–water partition coefficient (Wildman–Crippen LogP) is 3.70. The van der Waals surface area contributed by atoms with Crippen molar-refractivity contribution in [1.82, 2.24) is 0 Å². The fourth-order valence-electron chi connectivity index (χ4n) is 1.82. The van der Waals surface area contributed by atoms with E-state index in [1.54, 1.807) is 0 Å². The summed E-state index contributed by atoms with van der Waals surface area (Å²) in [6, 6.07) is 1.86. The minimum Gasteiger partial charge on any atom is -0.481 e. The summed E-state index contributed by atoms with van der Waals surface area (Å²) in [4.78, 5) is 10.8. The molecule has 1 fully saturated rings. The summed E-state index contributed by atoms with van der Waals surface area (Å²) in [6.45, 7) is 0. The molecule has 2 rings (SSSR count). The molecule has 0 aliphatic heterocycles. The van der Waals surface area contributed by atoms with Crippen LogP contribution >= 0.6 is 39.1 Å². The van der Waals surface area contributed by atoms with Gasteiger partial charge >= 0.3 is 5.97 Å². The van der Waals surface area contributed by atoms with Crippen molar-refractivity contribution >= 4 is 45.1 Å². The van der Waals surface area contributed by atoms with Crippen LogP contribution in [0, 0.1) is 17.6 Å². The molecule has 0 spiro atoms. The van der Waals surface area contributed by atoms with Gasteiger partial charge in [0.1, 0.15) is 21.9 Å². The second kappa shape index (κ2) is 4.07. The molecule has 1 aliphatic carbocycles. The molecule has 1 aromatic rings. The molecule has 0 bridgehead atoms. The van der Waals surface area contributed by atoms with Gasteiger partial charge in [-0.05, 0) is 33.6 Å². The van der Waals surface area contributed by atoms with Crippen molar-refractivity contribution in [3.8, 4) is 0 Å². The summed E-state index contributed by atoms with van der Waals surface area (Å²) in [5.41, 5.74) is -0.130. The third-order valence-corrected chi connectivity index (χ3v) is 4.19. The second-order valence-electron chi connectivity index (χ2n) is 3.76. The van der Waals surface area contributed by atoms with Gasteiger partial charge in [0.2, 0.25) is 0 Å². The fraction of sp³-hybridized carbons (Fsp3) is 0.300. The first-order chi connectivity index (χ1) is 7.76. The molecule has 0 heterocycles. The summed E-state index contributed by atoms with van der Waals surface area (Å²) >= 11 is 14.4. The molecule has 1 aliphatic rings. The maximum atomic E-state index is 13.7. The highest BCUT2D eigenvalue weighted by Crippen LogP contribution is 2.65. The Balaban J connectivity index is 2.47. The Labute approximate surface area is 114 Å². The first-order valence-electron chi connectivity index (χ1n) is 4.52. The highest BCUT2D eigenvalue weighted by Gasteiger charge is 2.69. The van der Waals surface area contributed by atoms with E-state index < -0.39 is 33.8 Å². The molecule has 7 heteroatoms. The van der Waals surface area contributed by atoms with Crippen molar-refractivity contribution in [2.24, 2.45) is 5.92 Å². The van der Waals surface area contributed by atoms with E-state index in [-0.39, 0.29) is 10.0 Å². The molecule has 0 radical (unpaired) electrons. The van der Waals surface area contributed by atoms with Crippen LogP contribution in [0.3, 0.4) is 0 Å². The number of halogens is 5. The van der Waals surface area contributed by atoms with E-state index in [9.17, 15) is 13.6 Å². The lowest BCUT2D eigenvalue weighted by molar-refractivity contribution is -0.138. The van der Waals surface area contributed by atoms with Gasteiger partial charge in [-0.3, -0.25) is 4.79 Å². The quantitative estimate of drug-likeness (QED) is 0.655. The monoisotopic (exact) mass is 344 g/mol. The summed E-state index contributed by atoms with van der Waals surface area (Å²) in [6.07, 6.45) is 0. The van der Waals surface area contributed by atoms with Gasteiger partial charge in [-0.1, -0.05) is 23.2 Å². The maximum absolute atomic E-state index is 13.7. The van der Waals surface area contributed by atoms with Gasteiger partial charge in [-0.2, -0.15) is 0 Å². The number of aliphatic carboxylic acids is 1. The maximum Gasteiger partial charge on any atom is 0.310 e. The molecule has 1 N–H and O–H groups in total. The van der Waals surface area contributed by atoms with Crippen molar-refractivity contribution in [2.45, 2.75) is 10.3 Å². The van der Waals surface area contributed by atoms with E-state index >= 15 is 0 Å². The largest absolute Gasteiger partial charge is 0.481 e. The van der Waals surface area contributed by atoms with Crippen LogP contribution in [0.15, 0.2) is 16.6 Å². The first-order valence-corrected chi connectivity index (χ1v) is 6.06. The van der Waals surface area contributed by atoms with E-state index in [4.69, 9.17) is 28.3 Å². The molecular weight excluding hydrogens is 341 g/mol. The van der Waals surface area contributed by atoms with E-state index in [1.807, 2.05) is 0 Å². The number of carboxylic acids is 1. The Morgan fingerprint density at radius 3 is 2.47 bits per heavy atom. The van der Waals surface area contributed by atoms with Gasteiger partial charge in [0, 0.05) is 5.92 Å². The van der Waals surface area contributed by atoms with E-state index in [0.29, 0.717) is 0 Å². The van der Waals surface area contributed by atoms with Crippen LogP contribution in [0.2, 0.25) is 0 Å². The standard InChI is InChI=1S/C10H5BrCl2F2O2/c11-5-2-3(14)1-4(8(5)15)6-7(9(16)17)10(6,12)13/h1-2,6-7H,(H,16,17)/t6-,7+/m0/s1. The summed E-state index contributed by atoms with van der Waals surface area (Å²) < 4.78 is 25.2. The number of hydrogen-bond donors (Lipinski definition) is 1. The van der Waals surface area contributed by atoms with Crippen molar-refractivity contribution < 1.29 is 18.7 Å². The Kier molecular flexibility index (Phi) is 3.13. The summed E-state index contributed by atoms with van der Waals surface area (Å²) in [7, 11) is 0.